The molecule has 1 heterocycles. The molecule has 0 amide bonds. The van der Waals surface area contributed by atoms with E-state index in [0.29, 0.717) is 17.9 Å². The van der Waals surface area contributed by atoms with Crippen molar-refractivity contribution >= 4 is 0 Å². The summed E-state index contributed by atoms with van der Waals surface area (Å²) in [6.07, 6.45) is 0.824. The van der Waals surface area contributed by atoms with Gasteiger partial charge in [0.2, 0.25) is 0 Å². The summed E-state index contributed by atoms with van der Waals surface area (Å²) in [5.74, 6) is 1.18. The van der Waals surface area contributed by atoms with E-state index < -0.39 is 0 Å². The minimum atomic E-state index is -0.259. The smallest absolute Gasteiger partial charge is 0.160 e. The molecule has 0 aliphatic rings. The second-order valence-corrected chi connectivity index (χ2v) is 7.60. The number of benzene rings is 3. The molecule has 0 aliphatic carbocycles. The second kappa shape index (κ2) is 10.7. The van der Waals surface area contributed by atoms with Gasteiger partial charge in [0.05, 0.1) is 20.8 Å². The van der Waals surface area contributed by atoms with Gasteiger partial charge in [-0.1, -0.05) is 54.6 Å². The Morgan fingerprint density at radius 1 is 0.879 bits per heavy atom. The molecule has 6 nitrogen and oxygen atoms in total. The van der Waals surface area contributed by atoms with Gasteiger partial charge < -0.3 is 14.8 Å². The van der Waals surface area contributed by atoms with Crippen molar-refractivity contribution in [2.75, 3.05) is 20.8 Å². The van der Waals surface area contributed by atoms with Crippen LogP contribution in [0.2, 0.25) is 0 Å². The number of rotatable bonds is 10. The van der Waals surface area contributed by atoms with Crippen LogP contribution >= 0.6 is 0 Å². The highest BCUT2D eigenvalue weighted by molar-refractivity contribution is 5.60. The number of methoxy groups -OCH3 is 2. The molecule has 0 saturated carbocycles. The van der Waals surface area contributed by atoms with Crippen molar-refractivity contribution in [2.24, 2.45) is 0 Å². The van der Waals surface area contributed by atoms with Crippen LogP contribution in [-0.4, -0.2) is 35.8 Å². The van der Waals surface area contributed by atoms with E-state index in [1.54, 1.807) is 31.1 Å². The topological polar surface area (TPSA) is 61.2 Å². The average molecular weight is 447 g/mol. The maximum absolute atomic E-state index is 14.1. The summed E-state index contributed by atoms with van der Waals surface area (Å²) in [4.78, 5) is 1.56. The van der Waals surface area contributed by atoms with E-state index in [-0.39, 0.29) is 12.4 Å². The molecule has 0 aliphatic heterocycles. The molecular weight excluding hydrogens is 419 g/mol. The maximum atomic E-state index is 14.1. The van der Waals surface area contributed by atoms with E-state index in [2.05, 4.69) is 15.5 Å². The number of hydrogen-bond acceptors (Lipinski definition) is 5. The molecule has 0 fully saturated rings. The number of nitrogens with zero attached hydrogens (tertiary/aromatic N) is 3. The Bertz CT molecular complexity index is 1190. The highest BCUT2D eigenvalue weighted by Crippen LogP contribution is 2.27. The van der Waals surface area contributed by atoms with Crippen molar-refractivity contribution < 1.29 is 13.9 Å². The van der Waals surface area contributed by atoms with E-state index in [4.69, 9.17) is 9.47 Å². The lowest BCUT2D eigenvalue weighted by atomic mass is 10.1. The molecule has 0 saturated heterocycles. The first-order valence-corrected chi connectivity index (χ1v) is 10.8. The largest absolute Gasteiger partial charge is 0.493 e. The third kappa shape index (κ3) is 5.56. The first-order valence-electron chi connectivity index (χ1n) is 10.8. The molecule has 1 aromatic heterocycles. The van der Waals surface area contributed by atoms with Crippen molar-refractivity contribution in [3.63, 3.8) is 0 Å². The van der Waals surface area contributed by atoms with Gasteiger partial charge >= 0.3 is 0 Å². The van der Waals surface area contributed by atoms with E-state index >= 15 is 0 Å². The average Bonchev–Trinajstić information content (AvgIpc) is 3.26. The van der Waals surface area contributed by atoms with E-state index in [1.807, 2.05) is 54.6 Å². The number of halogens is 1. The molecule has 0 spiro atoms. The third-order valence-corrected chi connectivity index (χ3v) is 5.37. The first kappa shape index (κ1) is 22.5. The van der Waals surface area contributed by atoms with Crippen molar-refractivity contribution in [3.8, 4) is 22.8 Å². The normalized spacial score (nSPS) is 10.9. The highest BCUT2D eigenvalue weighted by atomic mass is 19.1. The van der Waals surface area contributed by atoms with Crippen LogP contribution in [0.4, 0.5) is 4.39 Å². The lowest BCUT2D eigenvalue weighted by molar-refractivity contribution is 0.354. The Balaban J connectivity index is 1.46. The summed E-state index contributed by atoms with van der Waals surface area (Å²) in [6, 6.07) is 22.5. The van der Waals surface area contributed by atoms with E-state index in [9.17, 15) is 4.39 Å². The molecule has 7 heteroatoms. The van der Waals surface area contributed by atoms with Crippen LogP contribution in [0.15, 0.2) is 72.8 Å². The van der Waals surface area contributed by atoms with Crippen molar-refractivity contribution in [1.29, 1.82) is 0 Å². The quantitative estimate of drug-likeness (QED) is 0.364. The summed E-state index contributed by atoms with van der Waals surface area (Å²) in [6.45, 7) is 1.58. The first-order chi connectivity index (χ1) is 16.2. The number of nitrogens with one attached hydrogen (secondary N) is 1. The molecule has 0 unspecified atom stereocenters. The van der Waals surface area contributed by atoms with Gasteiger partial charge in [-0.05, 0) is 36.7 Å². The molecule has 0 atom stereocenters. The SMILES string of the molecule is COc1ccc(CCNCc2nn(Cc3ccccc3F)nc2-c2ccccc2)cc1OC. The monoisotopic (exact) mass is 446 g/mol. The Morgan fingerprint density at radius 3 is 2.39 bits per heavy atom. The lowest BCUT2D eigenvalue weighted by Gasteiger charge is -2.10. The van der Waals surface area contributed by atoms with Gasteiger partial charge in [-0.15, -0.1) is 0 Å². The molecule has 4 rings (SSSR count). The van der Waals surface area contributed by atoms with E-state index in [1.165, 1.54) is 6.07 Å². The number of ether oxygens (including phenoxy) is 2. The molecule has 0 radical (unpaired) electrons. The number of aromatic nitrogens is 3. The molecule has 170 valence electrons. The van der Waals surface area contributed by atoms with Crippen LogP contribution in [0, 0.1) is 5.82 Å². The highest BCUT2D eigenvalue weighted by Gasteiger charge is 2.14. The molecular formula is C26H27FN4O2. The third-order valence-electron chi connectivity index (χ3n) is 5.37. The molecule has 3 aromatic carbocycles. The summed E-state index contributed by atoms with van der Waals surface area (Å²) >= 11 is 0. The Kier molecular flexibility index (Phi) is 7.32. The van der Waals surface area contributed by atoms with Crippen molar-refractivity contribution in [2.45, 2.75) is 19.5 Å². The van der Waals surface area contributed by atoms with Crippen molar-refractivity contribution in [1.82, 2.24) is 20.3 Å². The van der Waals surface area contributed by atoms with Gasteiger partial charge in [-0.2, -0.15) is 15.0 Å². The van der Waals surface area contributed by atoms with Crippen LogP contribution in [0.1, 0.15) is 16.8 Å². The summed E-state index contributed by atoms with van der Waals surface area (Å²) < 4.78 is 24.8. The summed E-state index contributed by atoms with van der Waals surface area (Å²) in [5, 5.41) is 12.8. The summed E-state index contributed by atoms with van der Waals surface area (Å²) in [7, 11) is 3.26. The minimum absolute atomic E-state index is 0.259. The Hall–Kier alpha value is -3.71. The van der Waals surface area contributed by atoms with Crippen molar-refractivity contribution in [3.05, 3.63) is 95.4 Å². The van der Waals surface area contributed by atoms with Crippen LogP contribution in [0.25, 0.3) is 11.3 Å². The van der Waals surface area contributed by atoms with Gasteiger partial charge in [0.25, 0.3) is 0 Å². The molecule has 33 heavy (non-hydrogen) atoms. The predicted octanol–water partition coefficient (Wildman–Crippen LogP) is 4.48. The fourth-order valence-electron chi connectivity index (χ4n) is 3.65. The standard InChI is InChI=1S/C26H27FN4O2/c1-32-24-13-12-19(16-25(24)33-2)14-15-28-17-23-26(20-8-4-3-5-9-20)30-31(29-23)18-21-10-6-7-11-22(21)27/h3-13,16,28H,14-15,17-18H2,1-2H3. The second-order valence-electron chi connectivity index (χ2n) is 7.60. The van der Waals surface area contributed by atoms with Crippen LogP contribution in [0.3, 0.4) is 0 Å². The van der Waals surface area contributed by atoms with Gasteiger partial charge in [0.15, 0.2) is 11.5 Å². The van der Waals surface area contributed by atoms with E-state index in [0.717, 1.165) is 41.2 Å². The number of hydrogen-bond donors (Lipinski definition) is 1. The zero-order valence-electron chi connectivity index (χ0n) is 18.8. The van der Waals surface area contributed by atoms with Gasteiger partial charge in [0.1, 0.15) is 17.2 Å². The fourth-order valence-corrected chi connectivity index (χ4v) is 3.65. The van der Waals surface area contributed by atoms with Crippen LogP contribution in [-0.2, 0) is 19.5 Å². The molecule has 4 aromatic rings. The Morgan fingerprint density at radius 2 is 1.64 bits per heavy atom. The Labute approximate surface area is 193 Å². The fraction of sp³-hybridized carbons (Fsp3) is 0.231. The zero-order valence-corrected chi connectivity index (χ0v) is 18.8. The minimum Gasteiger partial charge on any atom is -0.493 e. The van der Waals surface area contributed by atoms with Gasteiger partial charge in [-0.25, -0.2) is 4.39 Å². The maximum Gasteiger partial charge on any atom is 0.160 e. The van der Waals surface area contributed by atoms with Gasteiger partial charge in [0, 0.05) is 17.7 Å². The molecule has 1 N–H and O–H groups in total. The molecule has 0 bridgehead atoms. The predicted molar refractivity (Wildman–Crippen MR) is 126 cm³/mol. The summed E-state index contributed by atoms with van der Waals surface area (Å²) in [5.41, 5.74) is 4.30. The van der Waals surface area contributed by atoms with Crippen LogP contribution in [0.5, 0.6) is 11.5 Å². The lowest BCUT2D eigenvalue weighted by Crippen LogP contribution is -2.18. The van der Waals surface area contributed by atoms with Gasteiger partial charge in [-0.3, -0.25) is 0 Å². The van der Waals surface area contributed by atoms with Crippen LogP contribution < -0.4 is 14.8 Å². The zero-order chi connectivity index (χ0) is 23.0.